The van der Waals surface area contributed by atoms with Gasteiger partial charge in [-0.25, -0.2) is 22.8 Å². The van der Waals surface area contributed by atoms with Gasteiger partial charge in [0.15, 0.2) is 12.3 Å². The standard InChI is InChI=1S/C22H29N5O4S/c1-14-11-15(2)24-20-19(14)21(25-27(20)6)31-13-18(28)23-12-16-9-7-8-10-17(16)32(29,30)26-22(3,4)5/h7-11,26H,12-13H2,1-6H3,(H,23,28). The fourth-order valence-corrected chi connectivity index (χ4v) is 5.06. The number of sulfonamides is 1. The Labute approximate surface area is 188 Å². The molecule has 10 heteroatoms. The summed E-state index contributed by atoms with van der Waals surface area (Å²) < 4.78 is 35.4. The van der Waals surface area contributed by atoms with Gasteiger partial charge in [0.2, 0.25) is 15.9 Å². The summed E-state index contributed by atoms with van der Waals surface area (Å²) >= 11 is 0. The SMILES string of the molecule is Cc1cc(C)c2c(OCC(=O)NCc3ccccc3S(=O)(=O)NC(C)(C)C)nn(C)c2n1. The van der Waals surface area contributed by atoms with Crippen molar-refractivity contribution in [2.45, 2.75) is 51.6 Å². The van der Waals surface area contributed by atoms with Crippen molar-refractivity contribution in [1.82, 2.24) is 24.8 Å². The summed E-state index contributed by atoms with van der Waals surface area (Å²) in [6.45, 7) is 8.95. The van der Waals surface area contributed by atoms with Crippen LogP contribution in [0.3, 0.4) is 0 Å². The third-order valence-corrected chi connectivity index (χ3v) is 6.46. The Morgan fingerprint density at radius 1 is 1.19 bits per heavy atom. The Bertz CT molecular complexity index is 1260. The number of amides is 1. The molecule has 0 aliphatic heterocycles. The lowest BCUT2D eigenvalue weighted by molar-refractivity contribution is -0.123. The van der Waals surface area contributed by atoms with Crippen LogP contribution < -0.4 is 14.8 Å². The van der Waals surface area contributed by atoms with Gasteiger partial charge in [0.1, 0.15) is 0 Å². The van der Waals surface area contributed by atoms with Crippen molar-refractivity contribution < 1.29 is 17.9 Å². The summed E-state index contributed by atoms with van der Waals surface area (Å²) in [5.74, 6) is -0.0579. The van der Waals surface area contributed by atoms with E-state index in [9.17, 15) is 13.2 Å². The smallest absolute Gasteiger partial charge is 0.258 e. The first-order valence-electron chi connectivity index (χ1n) is 10.2. The lowest BCUT2D eigenvalue weighted by Gasteiger charge is -2.21. The number of aryl methyl sites for hydroxylation is 3. The molecule has 0 saturated heterocycles. The van der Waals surface area contributed by atoms with Gasteiger partial charge in [0, 0.05) is 24.8 Å². The van der Waals surface area contributed by atoms with Crippen LogP contribution in [0.5, 0.6) is 5.88 Å². The van der Waals surface area contributed by atoms with Crippen molar-refractivity contribution in [1.29, 1.82) is 0 Å². The van der Waals surface area contributed by atoms with Gasteiger partial charge in [0.05, 0.1) is 10.3 Å². The summed E-state index contributed by atoms with van der Waals surface area (Å²) in [5.41, 5.74) is 2.37. The number of ether oxygens (including phenoxy) is 1. The minimum atomic E-state index is -3.73. The lowest BCUT2D eigenvalue weighted by Crippen LogP contribution is -2.41. The van der Waals surface area contributed by atoms with E-state index in [-0.39, 0.29) is 18.0 Å². The average molecular weight is 460 g/mol. The highest BCUT2D eigenvalue weighted by Gasteiger charge is 2.24. The van der Waals surface area contributed by atoms with Gasteiger partial charge in [-0.3, -0.25) is 4.79 Å². The maximum atomic E-state index is 12.7. The number of rotatable bonds is 7. The number of benzene rings is 1. The molecule has 172 valence electrons. The zero-order chi connectivity index (χ0) is 23.7. The number of hydrogen-bond donors (Lipinski definition) is 2. The van der Waals surface area contributed by atoms with Gasteiger partial charge in [-0.1, -0.05) is 18.2 Å². The molecule has 32 heavy (non-hydrogen) atoms. The second-order valence-corrected chi connectivity index (χ2v) is 10.4. The third-order valence-electron chi connectivity index (χ3n) is 4.61. The van der Waals surface area contributed by atoms with Crippen molar-refractivity contribution in [2.75, 3.05) is 6.61 Å². The van der Waals surface area contributed by atoms with E-state index < -0.39 is 21.5 Å². The number of nitrogens with zero attached hydrogens (tertiary/aromatic N) is 3. The maximum Gasteiger partial charge on any atom is 0.258 e. The van der Waals surface area contributed by atoms with Crippen molar-refractivity contribution in [3.8, 4) is 5.88 Å². The number of pyridine rings is 1. The molecule has 0 fully saturated rings. The van der Waals surface area contributed by atoms with Crippen LogP contribution in [0, 0.1) is 13.8 Å². The van der Waals surface area contributed by atoms with Gasteiger partial charge in [-0.15, -0.1) is 5.10 Å². The fourth-order valence-electron chi connectivity index (χ4n) is 3.40. The molecule has 3 aromatic rings. The highest BCUT2D eigenvalue weighted by Crippen LogP contribution is 2.27. The van der Waals surface area contributed by atoms with Gasteiger partial charge in [-0.05, 0) is 57.9 Å². The van der Waals surface area contributed by atoms with E-state index in [1.54, 1.807) is 50.7 Å². The molecule has 0 unspecified atom stereocenters. The van der Waals surface area contributed by atoms with Gasteiger partial charge >= 0.3 is 0 Å². The quantitative estimate of drug-likeness (QED) is 0.560. The Morgan fingerprint density at radius 3 is 2.56 bits per heavy atom. The summed E-state index contributed by atoms with van der Waals surface area (Å²) in [7, 11) is -1.97. The normalized spacial score (nSPS) is 12.2. The number of fused-ring (bicyclic) bond motifs is 1. The second-order valence-electron chi connectivity index (χ2n) is 8.74. The summed E-state index contributed by atoms with van der Waals surface area (Å²) in [4.78, 5) is 17.0. The molecule has 3 rings (SSSR count). The molecule has 2 N–H and O–H groups in total. The van der Waals surface area contributed by atoms with Crippen molar-refractivity contribution in [2.24, 2.45) is 7.05 Å². The van der Waals surface area contributed by atoms with Crippen LogP contribution in [0.15, 0.2) is 35.2 Å². The highest BCUT2D eigenvalue weighted by atomic mass is 32.2. The van der Waals surface area contributed by atoms with Crippen LogP contribution >= 0.6 is 0 Å². The Morgan fingerprint density at radius 2 is 1.88 bits per heavy atom. The highest BCUT2D eigenvalue weighted by molar-refractivity contribution is 7.89. The summed E-state index contributed by atoms with van der Waals surface area (Å²) in [6, 6.07) is 8.49. The van der Waals surface area contributed by atoms with Crippen LogP contribution in [0.2, 0.25) is 0 Å². The van der Waals surface area contributed by atoms with Crippen LogP contribution in [-0.2, 0) is 28.4 Å². The molecule has 1 amide bonds. The number of carbonyl (C=O) groups is 1. The predicted molar refractivity (Wildman–Crippen MR) is 122 cm³/mol. The minimum absolute atomic E-state index is 0.0478. The summed E-state index contributed by atoms with van der Waals surface area (Å²) in [5, 5.41) is 7.80. The molecular weight excluding hydrogens is 430 g/mol. The number of nitrogens with one attached hydrogen (secondary N) is 2. The monoisotopic (exact) mass is 459 g/mol. The number of aromatic nitrogens is 3. The van der Waals surface area contributed by atoms with Crippen LogP contribution in [0.25, 0.3) is 11.0 Å². The second kappa shape index (κ2) is 8.87. The molecule has 2 aromatic heterocycles. The zero-order valence-corrected chi connectivity index (χ0v) is 20.0. The molecular formula is C22H29N5O4S. The Kier molecular flexibility index (Phi) is 6.56. The number of carbonyl (C=O) groups excluding carboxylic acids is 1. The molecule has 2 heterocycles. The molecule has 0 saturated carbocycles. The van der Waals surface area contributed by atoms with Crippen molar-refractivity contribution in [3.05, 3.63) is 47.2 Å². The van der Waals surface area contributed by atoms with E-state index in [0.717, 1.165) is 16.6 Å². The number of hydrogen-bond acceptors (Lipinski definition) is 6. The lowest BCUT2D eigenvalue weighted by atomic mass is 10.1. The molecule has 0 aliphatic carbocycles. The van der Waals surface area contributed by atoms with Gasteiger partial charge in [-0.2, -0.15) is 0 Å². The van der Waals surface area contributed by atoms with Crippen LogP contribution in [0.4, 0.5) is 0 Å². The first kappa shape index (κ1) is 23.7. The van der Waals surface area contributed by atoms with E-state index >= 15 is 0 Å². The summed E-state index contributed by atoms with van der Waals surface area (Å²) in [6.07, 6.45) is 0. The van der Waals surface area contributed by atoms with E-state index in [1.807, 2.05) is 19.9 Å². The van der Waals surface area contributed by atoms with E-state index in [2.05, 4.69) is 20.1 Å². The first-order valence-corrected chi connectivity index (χ1v) is 11.7. The largest absolute Gasteiger partial charge is 0.466 e. The molecule has 0 radical (unpaired) electrons. The molecule has 1 aromatic carbocycles. The van der Waals surface area contributed by atoms with Crippen LogP contribution in [-0.4, -0.2) is 41.2 Å². The third kappa shape index (κ3) is 5.43. The average Bonchev–Trinajstić information content (AvgIpc) is 2.99. The Balaban J connectivity index is 1.69. The molecule has 0 atom stereocenters. The molecule has 0 bridgehead atoms. The van der Waals surface area contributed by atoms with Gasteiger partial charge in [0.25, 0.3) is 5.91 Å². The molecule has 0 aliphatic rings. The maximum absolute atomic E-state index is 12.7. The fraction of sp³-hybridized carbons (Fsp3) is 0.409. The zero-order valence-electron chi connectivity index (χ0n) is 19.2. The molecule has 9 nitrogen and oxygen atoms in total. The van der Waals surface area contributed by atoms with E-state index in [4.69, 9.17) is 4.74 Å². The van der Waals surface area contributed by atoms with Crippen LogP contribution in [0.1, 0.15) is 37.6 Å². The van der Waals surface area contributed by atoms with Crippen molar-refractivity contribution in [3.63, 3.8) is 0 Å². The minimum Gasteiger partial charge on any atom is -0.466 e. The molecule has 0 spiro atoms. The first-order chi connectivity index (χ1) is 14.9. The predicted octanol–water partition coefficient (Wildman–Crippen LogP) is 2.36. The van der Waals surface area contributed by atoms with E-state index in [0.29, 0.717) is 17.1 Å². The van der Waals surface area contributed by atoms with Gasteiger partial charge < -0.3 is 10.1 Å². The van der Waals surface area contributed by atoms with E-state index in [1.165, 1.54) is 6.07 Å². The topological polar surface area (TPSA) is 115 Å². The Hall–Kier alpha value is -2.98. The van der Waals surface area contributed by atoms with Crippen molar-refractivity contribution >= 4 is 27.0 Å².